The van der Waals surface area contributed by atoms with Crippen molar-refractivity contribution in [3.05, 3.63) is 130 Å². The van der Waals surface area contributed by atoms with E-state index in [9.17, 15) is 9.59 Å². The maximum absolute atomic E-state index is 12.2. The van der Waals surface area contributed by atoms with Crippen LogP contribution in [0.2, 0.25) is 0 Å². The van der Waals surface area contributed by atoms with Gasteiger partial charge in [-0.3, -0.25) is 9.59 Å². The van der Waals surface area contributed by atoms with E-state index in [0.29, 0.717) is 12.8 Å². The largest absolute Gasteiger partial charge is 0.295 e. The zero-order chi connectivity index (χ0) is 31.5. The Labute approximate surface area is 256 Å². The summed E-state index contributed by atoms with van der Waals surface area (Å²) in [4.78, 5) is 24.3. The minimum Gasteiger partial charge on any atom is -0.295 e. The normalized spacial score (nSPS) is 21.6. The fourth-order valence-electron chi connectivity index (χ4n) is 5.28. The van der Waals surface area contributed by atoms with Crippen LogP contribution in [-0.2, 0) is 9.59 Å². The summed E-state index contributed by atoms with van der Waals surface area (Å²) in [7, 11) is 0. The molecule has 0 bridgehead atoms. The first-order valence-electron chi connectivity index (χ1n) is 15.2. The van der Waals surface area contributed by atoms with Gasteiger partial charge in [0, 0.05) is 12.8 Å². The second-order valence-electron chi connectivity index (χ2n) is 13.1. The van der Waals surface area contributed by atoms with Gasteiger partial charge in [0.15, 0.2) is 11.6 Å². The van der Waals surface area contributed by atoms with Crippen LogP contribution >= 0.6 is 0 Å². The molecule has 0 spiro atoms. The van der Waals surface area contributed by atoms with Crippen molar-refractivity contribution in [2.75, 3.05) is 0 Å². The smallest absolute Gasteiger partial charge is 0.158 e. The lowest BCUT2D eigenvalue weighted by Gasteiger charge is -2.32. The number of ketones is 2. The maximum Gasteiger partial charge on any atom is 0.158 e. The molecule has 0 saturated carbocycles. The molecule has 0 heterocycles. The Morgan fingerprint density at radius 3 is 1.19 bits per heavy atom. The molecule has 2 nitrogen and oxygen atoms in total. The van der Waals surface area contributed by atoms with Crippen molar-refractivity contribution in [3.8, 4) is 0 Å². The van der Waals surface area contributed by atoms with E-state index in [4.69, 9.17) is 0 Å². The maximum atomic E-state index is 12.2. The molecule has 0 fully saturated rings. The predicted molar refractivity (Wildman–Crippen MR) is 182 cm³/mol. The quantitative estimate of drug-likeness (QED) is 0.247. The zero-order valence-corrected chi connectivity index (χ0v) is 27.7. The van der Waals surface area contributed by atoms with Crippen molar-refractivity contribution in [1.82, 2.24) is 0 Å². The Hall–Kier alpha value is -3.52. The van der Waals surface area contributed by atoms with Crippen LogP contribution in [0, 0.1) is 10.8 Å². The lowest BCUT2D eigenvalue weighted by molar-refractivity contribution is -0.117. The molecule has 0 N–H and O–H groups in total. The number of allylic oxidation sites excluding steroid dienone is 22. The molecule has 2 rings (SSSR count). The van der Waals surface area contributed by atoms with Crippen LogP contribution in [0.5, 0.6) is 0 Å². The van der Waals surface area contributed by atoms with E-state index in [0.717, 1.165) is 57.4 Å². The van der Waals surface area contributed by atoms with Gasteiger partial charge in [-0.1, -0.05) is 135 Å². The minimum absolute atomic E-state index is 0.0404. The number of rotatable bonds is 10. The first kappa shape index (κ1) is 34.7. The number of Topliss-reactive ketones (excluding diaryl/α,β-unsaturated/α-hetero) is 2. The molecular formula is C40H52O2. The zero-order valence-electron chi connectivity index (χ0n) is 27.7. The van der Waals surface area contributed by atoms with Crippen molar-refractivity contribution < 1.29 is 9.59 Å². The van der Waals surface area contributed by atoms with Crippen LogP contribution in [0.1, 0.15) is 94.9 Å². The Morgan fingerprint density at radius 1 is 0.524 bits per heavy atom. The molecule has 224 valence electrons. The highest BCUT2D eigenvalue weighted by atomic mass is 16.1. The van der Waals surface area contributed by atoms with Crippen LogP contribution in [0.4, 0.5) is 0 Å². The average molecular weight is 565 g/mol. The topological polar surface area (TPSA) is 34.1 Å². The van der Waals surface area contributed by atoms with Crippen molar-refractivity contribution >= 4 is 11.6 Å². The van der Waals surface area contributed by atoms with Crippen molar-refractivity contribution in [2.45, 2.75) is 94.9 Å². The summed E-state index contributed by atoms with van der Waals surface area (Å²) in [5.74, 6) is 0.542. The molecule has 0 aromatic rings. The fraction of sp³-hybridized carbons (Fsp3) is 0.400. The molecule has 0 saturated heterocycles. The highest BCUT2D eigenvalue weighted by molar-refractivity contribution is 5.97. The summed E-state index contributed by atoms with van der Waals surface area (Å²) in [6.07, 6.45) is 32.4. The number of hydrogen-bond acceptors (Lipinski definition) is 2. The third-order valence-corrected chi connectivity index (χ3v) is 8.35. The second kappa shape index (κ2) is 15.6. The summed E-state index contributed by atoms with van der Waals surface area (Å²) in [5, 5.41) is 0. The van der Waals surface area contributed by atoms with E-state index in [1.165, 1.54) is 0 Å². The lowest BCUT2D eigenvalue weighted by Crippen LogP contribution is -2.24. The molecular weight excluding hydrogens is 512 g/mol. The predicted octanol–water partition coefficient (Wildman–Crippen LogP) is 11.0. The standard InChI is InChI=1S/C40H52O2/c1-29(17-13-19-31(3)21-23-35-33(5)37(41)25-27-39(35,7)8)15-11-12-16-30(2)18-14-20-32(4)22-24-36-34(6)38(42)26-28-40(36,9)10/h11-24H,25-28H2,1-10H3/b12-11-,17-13-,18-14-,23-21-,24-22-,29-15-,30-16-,31-19-,32-20-. The SMILES string of the molecule is CC1=C(\C=C/C(C)=C\C=C/C(C)=C\C=C/C=C(C)\C=C/C=C(C)\C=C/C2=C(C)C(=O)CCC2(C)C)C(C)(C)CCC1=O. The number of hydrogen-bond donors (Lipinski definition) is 0. The summed E-state index contributed by atoms with van der Waals surface area (Å²) < 4.78 is 0. The molecule has 0 amide bonds. The molecule has 0 unspecified atom stereocenters. The van der Waals surface area contributed by atoms with Gasteiger partial charge in [-0.15, -0.1) is 0 Å². The van der Waals surface area contributed by atoms with Crippen LogP contribution in [0.25, 0.3) is 0 Å². The van der Waals surface area contributed by atoms with Gasteiger partial charge in [-0.05, 0) is 87.5 Å². The van der Waals surface area contributed by atoms with E-state index in [1.54, 1.807) is 0 Å². The van der Waals surface area contributed by atoms with Gasteiger partial charge in [0.2, 0.25) is 0 Å². The molecule has 2 aliphatic carbocycles. The highest BCUT2D eigenvalue weighted by Crippen LogP contribution is 2.40. The van der Waals surface area contributed by atoms with Gasteiger partial charge in [0.25, 0.3) is 0 Å². The molecule has 0 atom stereocenters. The molecule has 0 aromatic carbocycles. The van der Waals surface area contributed by atoms with Crippen LogP contribution in [0.15, 0.2) is 130 Å². The Bertz CT molecular complexity index is 1270. The molecule has 0 radical (unpaired) electrons. The molecule has 42 heavy (non-hydrogen) atoms. The summed E-state index contributed by atoms with van der Waals surface area (Å²) in [6, 6.07) is 0. The second-order valence-corrected chi connectivity index (χ2v) is 13.1. The Morgan fingerprint density at radius 2 is 0.833 bits per heavy atom. The highest BCUT2D eigenvalue weighted by Gasteiger charge is 2.31. The van der Waals surface area contributed by atoms with Crippen LogP contribution < -0.4 is 0 Å². The van der Waals surface area contributed by atoms with Gasteiger partial charge in [0.1, 0.15) is 0 Å². The Kier molecular flexibility index (Phi) is 12.9. The van der Waals surface area contributed by atoms with Crippen molar-refractivity contribution in [3.63, 3.8) is 0 Å². The van der Waals surface area contributed by atoms with Gasteiger partial charge in [-0.25, -0.2) is 0 Å². The first-order chi connectivity index (χ1) is 19.6. The number of carbonyl (C=O) groups excluding carboxylic acids is 2. The van der Waals surface area contributed by atoms with Gasteiger partial charge < -0.3 is 0 Å². The third kappa shape index (κ3) is 10.7. The molecule has 2 heteroatoms. The van der Waals surface area contributed by atoms with E-state index in [1.807, 2.05) is 13.8 Å². The summed E-state index contributed by atoms with van der Waals surface area (Å²) in [6.45, 7) is 21.1. The lowest BCUT2D eigenvalue weighted by atomic mass is 9.72. The van der Waals surface area contributed by atoms with Gasteiger partial charge in [-0.2, -0.15) is 0 Å². The van der Waals surface area contributed by atoms with Gasteiger partial charge >= 0.3 is 0 Å². The Balaban J connectivity index is 1.93. The summed E-state index contributed by atoms with van der Waals surface area (Å²) >= 11 is 0. The van der Waals surface area contributed by atoms with Crippen LogP contribution in [-0.4, -0.2) is 11.6 Å². The average Bonchev–Trinajstić information content (AvgIpc) is 2.91. The minimum atomic E-state index is 0.0404. The van der Waals surface area contributed by atoms with Crippen LogP contribution in [0.3, 0.4) is 0 Å². The molecule has 0 aliphatic heterocycles. The number of carbonyl (C=O) groups is 2. The van der Waals surface area contributed by atoms with Crippen molar-refractivity contribution in [1.29, 1.82) is 0 Å². The molecule has 0 aromatic heterocycles. The first-order valence-corrected chi connectivity index (χ1v) is 15.2. The molecule has 2 aliphatic rings. The third-order valence-electron chi connectivity index (χ3n) is 8.35. The fourth-order valence-corrected chi connectivity index (χ4v) is 5.28. The monoisotopic (exact) mass is 564 g/mol. The van der Waals surface area contributed by atoms with Gasteiger partial charge in [0.05, 0.1) is 0 Å². The van der Waals surface area contributed by atoms with Crippen molar-refractivity contribution in [2.24, 2.45) is 10.8 Å². The van der Waals surface area contributed by atoms with E-state index in [-0.39, 0.29) is 22.4 Å². The summed E-state index contributed by atoms with van der Waals surface area (Å²) in [5.41, 5.74) is 8.82. The van der Waals surface area contributed by atoms with E-state index < -0.39 is 0 Å². The van der Waals surface area contributed by atoms with E-state index >= 15 is 0 Å². The van der Waals surface area contributed by atoms with E-state index in [2.05, 4.69) is 140 Å².